The Bertz CT molecular complexity index is 399. The first kappa shape index (κ1) is 14.7. The number of carbonyl (C=O) groups is 1. The number of benzene rings is 1. The quantitative estimate of drug-likeness (QED) is 0.841. The topological polar surface area (TPSA) is 49.3 Å². The Hall–Kier alpha value is -1.35. The molecule has 0 aromatic heterocycles. The van der Waals surface area contributed by atoms with Crippen LogP contribution in [0.2, 0.25) is 0 Å². The molecule has 100 valence electrons. The van der Waals surface area contributed by atoms with Crippen LogP contribution in [0.3, 0.4) is 0 Å². The number of aliphatic hydroxyl groups is 1. The fourth-order valence-electron chi connectivity index (χ4n) is 2.21. The van der Waals surface area contributed by atoms with Crippen LogP contribution in [0.5, 0.6) is 0 Å². The molecule has 0 aliphatic heterocycles. The molecule has 0 bridgehead atoms. The summed E-state index contributed by atoms with van der Waals surface area (Å²) in [7, 11) is 0. The van der Waals surface area contributed by atoms with E-state index in [1.54, 1.807) is 0 Å². The van der Waals surface area contributed by atoms with Crippen LogP contribution in [0.4, 0.5) is 0 Å². The first-order valence-corrected chi connectivity index (χ1v) is 6.44. The summed E-state index contributed by atoms with van der Waals surface area (Å²) < 4.78 is 0. The van der Waals surface area contributed by atoms with Gasteiger partial charge in [0.2, 0.25) is 5.91 Å². The zero-order valence-corrected chi connectivity index (χ0v) is 11.7. The lowest BCUT2D eigenvalue weighted by Gasteiger charge is -2.15. The molecule has 0 heterocycles. The first-order valence-electron chi connectivity index (χ1n) is 6.44. The van der Waals surface area contributed by atoms with Crippen molar-refractivity contribution in [3.63, 3.8) is 0 Å². The van der Waals surface area contributed by atoms with Crippen LogP contribution in [0, 0.1) is 26.7 Å². The number of rotatable bonds is 5. The van der Waals surface area contributed by atoms with Crippen molar-refractivity contribution in [3.05, 3.63) is 34.4 Å². The Morgan fingerprint density at radius 3 is 2.28 bits per heavy atom. The van der Waals surface area contributed by atoms with Crippen molar-refractivity contribution < 1.29 is 9.90 Å². The molecule has 1 aromatic rings. The van der Waals surface area contributed by atoms with E-state index in [1.807, 2.05) is 6.92 Å². The fourth-order valence-corrected chi connectivity index (χ4v) is 2.21. The number of aryl methyl sites for hydroxylation is 3. The van der Waals surface area contributed by atoms with E-state index in [1.165, 1.54) is 22.3 Å². The molecular formula is C15H23NO2. The van der Waals surface area contributed by atoms with Gasteiger partial charge in [-0.05, 0) is 43.9 Å². The lowest BCUT2D eigenvalue weighted by atomic mass is 9.99. The Kier molecular flexibility index (Phi) is 5.35. The minimum Gasteiger partial charge on any atom is -0.396 e. The molecule has 0 saturated heterocycles. The van der Waals surface area contributed by atoms with Gasteiger partial charge in [-0.1, -0.05) is 24.6 Å². The maximum absolute atomic E-state index is 11.8. The Balaban J connectivity index is 2.72. The highest BCUT2D eigenvalue weighted by Crippen LogP contribution is 2.16. The standard InChI is InChI=1S/C15H23NO2/c1-5-13(9-17)15(18)16-8-14-11(3)6-10(2)7-12(14)4/h6-7,13,17H,5,8-9H2,1-4H3,(H,16,18). The van der Waals surface area contributed by atoms with Crippen molar-refractivity contribution >= 4 is 5.91 Å². The van der Waals surface area contributed by atoms with Crippen molar-refractivity contribution in [1.82, 2.24) is 5.32 Å². The summed E-state index contributed by atoms with van der Waals surface area (Å²) in [5.74, 6) is -0.365. The van der Waals surface area contributed by atoms with Crippen molar-refractivity contribution in [2.24, 2.45) is 5.92 Å². The number of amides is 1. The van der Waals surface area contributed by atoms with Gasteiger partial charge in [0, 0.05) is 6.54 Å². The second kappa shape index (κ2) is 6.55. The molecule has 0 aliphatic carbocycles. The van der Waals surface area contributed by atoms with Gasteiger partial charge >= 0.3 is 0 Å². The van der Waals surface area contributed by atoms with Crippen molar-refractivity contribution in [2.75, 3.05) is 6.61 Å². The van der Waals surface area contributed by atoms with Crippen LogP contribution in [0.1, 0.15) is 35.6 Å². The summed E-state index contributed by atoms with van der Waals surface area (Å²) in [4.78, 5) is 11.8. The minimum atomic E-state index is -0.295. The highest BCUT2D eigenvalue weighted by Gasteiger charge is 2.15. The summed E-state index contributed by atoms with van der Waals surface area (Å²) in [6, 6.07) is 4.25. The van der Waals surface area contributed by atoms with E-state index in [-0.39, 0.29) is 18.4 Å². The zero-order valence-electron chi connectivity index (χ0n) is 11.7. The first-order chi connectivity index (χ1) is 8.49. The third-order valence-corrected chi connectivity index (χ3v) is 3.36. The van der Waals surface area contributed by atoms with E-state index in [0.717, 1.165) is 0 Å². The number of hydrogen-bond donors (Lipinski definition) is 2. The van der Waals surface area contributed by atoms with E-state index in [2.05, 4.69) is 38.2 Å². The maximum Gasteiger partial charge on any atom is 0.225 e. The van der Waals surface area contributed by atoms with Gasteiger partial charge in [0.15, 0.2) is 0 Å². The third kappa shape index (κ3) is 3.57. The molecule has 3 nitrogen and oxygen atoms in total. The molecule has 3 heteroatoms. The van der Waals surface area contributed by atoms with Crippen LogP contribution >= 0.6 is 0 Å². The van der Waals surface area contributed by atoms with Gasteiger partial charge in [-0.3, -0.25) is 4.79 Å². The zero-order chi connectivity index (χ0) is 13.7. The molecule has 1 amide bonds. The molecule has 1 unspecified atom stereocenters. The van der Waals surface area contributed by atoms with Gasteiger partial charge in [-0.25, -0.2) is 0 Å². The molecule has 1 atom stereocenters. The van der Waals surface area contributed by atoms with E-state index >= 15 is 0 Å². The molecule has 0 spiro atoms. The van der Waals surface area contributed by atoms with Crippen LogP contribution < -0.4 is 5.32 Å². The molecule has 0 radical (unpaired) electrons. The Morgan fingerprint density at radius 1 is 1.28 bits per heavy atom. The van der Waals surface area contributed by atoms with Crippen molar-refractivity contribution in [1.29, 1.82) is 0 Å². The van der Waals surface area contributed by atoms with Crippen molar-refractivity contribution in [3.8, 4) is 0 Å². The van der Waals surface area contributed by atoms with E-state index in [9.17, 15) is 4.79 Å². The number of carbonyl (C=O) groups excluding carboxylic acids is 1. The van der Waals surface area contributed by atoms with Crippen LogP contribution in [-0.2, 0) is 11.3 Å². The molecule has 0 aliphatic rings. The van der Waals surface area contributed by atoms with Gasteiger partial charge in [0.1, 0.15) is 0 Å². The SMILES string of the molecule is CCC(CO)C(=O)NCc1c(C)cc(C)cc1C. The average Bonchev–Trinajstić information content (AvgIpc) is 2.29. The van der Waals surface area contributed by atoms with Gasteiger partial charge < -0.3 is 10.4 Å². The number of hydrogen-bond acceptors (Lipinski definition) is 2. The van der Waals surface area contributed by atoms with Crippen molar-refractivity contribution in [2.45, 2.75) is 40.7 Å². The highest BCUT2D eigenvalue weighted by molar-refractivity contribution is 5.78. The smallest absolute Gasteiger partial charge is 0.225 e. The van der Waals surface area contributed by atoms with E-state index < -0.39 is 0 Å². The fraction of sp³-hybridized carbons (Fsp3) is 0.533. The molecule has 0 saturated carbocycles. The van der Waals surface area contributed by atoms with Gasteiger partial charge in [-0.15, -0.1) is 0 Å². The second-order valence-corrected chi connectivity index (χ2v) is 4.88. The largest absolute Gasteiger partial charge is 0.396 e. The monoisotopic (exact) mass is 249 g/mol. The lowest BCUT2D eigenvalue weighted by Crippen LogP contribution is -2.32. The Morgan fingerprint density at radius 2 is 1.83 bits per heavy atom. The lowest BCUT2D eigenvalue weighted by molar-refractivity contribution is -0.126. The highest BCUT2D eigenvalue weighted by atomic mass is 16.3. The summed E-state index contributed by atoms with van der Waals surface area (Å²) in [5, 5.41) is 12.0. The molecular weight excluding hydrogens is 226 g/mol. The second-order valence-electron chi connectivity index (χ2n) is 4.88. The van der Waals surface area contributed by atoms with Crippen LogP contribution in [0.15, 0.2) is 12.1 Å². The summed E-state index contributed by atoms with van der Waals surface area (Å²) in [6.07, 6.45) is 0.661. The van der Waals surface area contributed by atoms with Crippen LogP contribution in [0.25, 0.3) is 0 Å². The van der Waals surface area contributed by atoms with Gasteiger partial charge in [0.25, 0.3) is 0 Å². The van der Waals surface area contributed by atoms with E-state index in [0.29, 0.717) is 13.0 Å². The molecule has 2 N–H and O–H groups in total. The summed E-state index contributed by atoms with van der Waals surface area (Å²) >= 11 is 0. The Labute approximate surface area is 109 Å². The maximum atomic E-state index is 11.8. The van der Waals surface area contributed by atoms with Gasteiger partial charge in [-0.2, -0.15) is 0 Å². The molecule has 1 rings (SSSR count). The summed E-state index contributed by atoms with van der Waals surface area (Å²) in [6.45, 7) is 8.54. The van der Waals surface area contributed by atoms with Crippen LogP contribution in [-0.4, -0.2) is 17.6 Å². The number of aliphatic hydroxyl groups excluding tert-OH is 1. The average molecular weight is 249 g/mol. The predicted molar refractivity (Wildman–Crippen MR) is 73.4 cm³/mol. The van der Waals surface area contributed by atoms with Gasteiger partial charge in [0.05, 0.1) is 12.5 Å². The summed E-state index contributed by atoms with van der Waals surface area (Å²) in [5.41, 5.74) is 4.80. The molecule has 0 fully saturated rings. The minimum absolute atomic E-state index is 0.0700. The predicted octanol–water partition coefficient (Wildman–Crippen LogP) is 2.25. The molecule has 1 aromatic carbocycles. The third-order valence-electron chi connectivity index (χ3n) is 3.36. The number of nitrogens with one attached hydrogen (secondary N) is 1. The normalized spacial score (nSPS) is 12.3. The molecule has 18 heavy (non-hydrogen) atoms. The van der Waals surface area contributed by atoms with E-state index in [4.69, 9.17) is 5.11 Å².